The van der Waals surface area contributed by atoms with Gasteiger partial charge in [-0.25, -0.2) is 0 Å². The van der Waals surface area contributed by atoms with Gasteiger partial charge in [0.25, 0.3) is 0 Å². The van der Waals surface area contributed by atoms with Crippen molar-refractivity contribution in [2.45, 2.75) is 57.6 Å². The highest BCUT2D eigenvalue weighted by Crippen LogP contribution is 2.57. The number of rotatable bonds is 2. The number of hydrogen-bond acceptors (Lipinski definition) is 2. The maximum absolute atomic E-state index is 10.5. The van der Waals surface area contributed by atoms with Crippen LogP contribution in [0.3, 0.4) is 0 Å². The SMILES string of the molecule is CC(C)(N)C(O)C1C2CC3CC(C2)CC1C3. The van der Waals surface area contributed by atoms with E-state index < -0.39 is 5.54 Å². The summed E-state index contributed by atoms with van der Waals surface area (Å²) >= 11 is 0. The molecule has 0 spiro atoms. The zero-order chi connectivity index (χ0) is 11.5. The van der Waals surface area contributed by atoms with Crippen molar-refractivity contribution in [3.63, 3.8) is 0 Å². The summed E-state index contributed by atoms with van der Waals surface area (Å²) in [5.74, 6) is 4.00. The minimum atomic E-state index is -0.431. The highest BCUT2D eigenvalue weighted by molar-refractivity contribution is 5.03. The van der Waals surface area contributed by atoms with E-state index in [1.165, 1.54) is 32.1 Å². The van der Waals surface area contributed by atoms with Crippen molar-refractivity contribution in [1.82, 2.24) is 0 Å². The average molecular weight is 223 g/mol. The quantitative estimate of drug-likeness (QED) is 0.753. The molecule has 3 N–H and O–H groups in total. The summed E-state index contributed by atoms with van der Waals surface area (Å²) in [7, 11) is 0. The van der Waals surface area contributed by atoms with Gasteiger partial charge in [-0.15, -0.1) is 0 Å². The van der Waals surface area contributed by atoms with Gasteiger partial charge in [0.1, 0.15) is 0 Å². The summed E-state index contributed by atoms with van der Waals surface area (Å²) < 4.78 is 0. The fraction of sp³-hybridized carbons (Fsp3) is 1.00. The molecule has 2 heteroatoms. The molecule has 0 aliphatic heterocycles. The van der Waals surface area contributed by atoms with Gasteiger partial charge in [0.2, 0.25) is 0 Å². The van der Waals surface area contributed by atoms with E-state index in [1.807, 2.05) is 13.8 Å². The predicted molar refractivity (Wildman–Crippen MR) is 64.8 cm³/mol. The lowest BCUT2D eigenvalue weighted by atomic mass is 9.50. The Hall–Kier alpha value is -0.0800. The smallest absolute Gasteiger partial charge is 0.0747 e. The molecule has 0 aromatic rings. The third kappa shape index (κ3) is 1.62. The molecular formula is C14H25NO. The number of aliphatic hydroxyl groups is 1. The molecule has 0 aromatic heterocycles. The van der Waals surface area contributed by atoms with Crippen LogP contribution in [-0.2, 0) is 0 Å². The van der Waals surface area contributed by atoms with Crippen LogP contribution in [0.15, 0.2) is 0 Å². The van der Waals surface area contributed by atoms with Crippen LogP contribution in [0.5, 0.6) is 0 Å². The maximum atomic E-state index is 10.5. The Labute approximate surface area is 98.6 Å². The molecule has 0 heterocycles. The molecule has 0 saturated heterocycles. The van der Waals surface area contributed by atoms with Gasteiger partial charge in [0.15, 0.2) is 0 Å². The molecule has 4 rings (SSSR count). The van der Waals surface area contributed by atoms with E-state index in [1.54, 1.807) is 0 Å². The highest BCUT2D eigenvalue weighted by Gasteiger charge is 2.52. The molecule has 1 atom stereocenters. The first-order valence-electron chi connectivity index (χ1n) is 6.92. The molecule has 0 aromatic carbocycles. The van der Waals surface area contributed by atoms with E-state index in [9.17, 15) is 5.11 Å². The highest BCUT2D eigenvalue weighted by atomic mass is 16.3. The van der Waals surface area contributed by atoms with Gasteiger partial charge in [-0.2, -0.15) is 0 Å². The Kier molecular flexibility index (Phi) is 2.38. The average Bonchev–Trinajstić information content (AvgIpc) is 2.13. The zero-order valence-electron chi connectivity index (χ0n) is 10.5. The van der Waals surface area contributed by atoms with Crippen LogP contribution in [0.25, 0.3) is 0 Å². The summed E-state index contributed by atoms with van der Waals surface area (Å²) in [5, 5.41) is 10.5. The summed E-state index contributed by atoms with van der Waals surface area (Å²) in [6, 6.07) is 0. The Bertz CT molecular complexity index is 253. The van der Waals surface area contributed by atoms with Crippen LogP contribution in [0.2, 0.25) is 0 Å². The Morgan fingerprint density at radius 3 is 1.81 bits per heavy atom. The Balaban J connectivity index is 1.81. The molecule has 0 radical (unpaired) electrons. The number of aliphatic hydroxyl groups excluding tert-OH is 1. The van der Waals surface area contributed by atoms with E-state index in [4.69, 9.17) is 5.73 Å². The Morgan fingerprint density at radius 2 is 1.44 bits per heavy atom. The van der Waals surface area contributed by atoms with Crippen molar-refractivity contribution in [3.8, 4) is 0 Å². The number of hydrogen-bond donors (Lipinski definition) is 2. The predicted octanol–water partition coefficient (Wildman–Crippen LogP) is 2.16. The van der Waals surface area contributed by atoms with Gasteiger partial charge in [-0.3, -0.25) is 0 Å². The van der Waals surface area contributed by atoms with Crippen LogP contribution in [0.1, 0.15) is 46.0 Å². The lowest BCUT2D eigenvalue weighted by Crippen LogP contribution is -2.57. The van der Waals surface area contributed by atoms with E-state index in [0.717, 1.165) is 23.7 Å². The molecule has 92 valence electrons. The molecule has 2 nitrogen and oxygen atoms in total. The van der Waals surface area contributed by atoms with E-state index in [0.29, 0.717) is 5.92 Å². The minimum absolute atomic E-state index is 0.303. The van der Waals surface area contributed by atoms with Crippen LogP contribution >= 0.6 is 0 Å². The second-order valence-corrected chi connectivity index (χ2v) is 7.27. The van der Waals surface area contributed by atoms with Crippen molar-refractivity contribution in [1.29, 1.82) is 0 Å². The van der Waals surface area contributed by atoms with Crippen molar-refractivity contribution < 1.29 is 5.11 Å². The first-order valence-corrected chi connectivity index (χ1v) is 6.92. The van der Waals surface area contributed by atoms with E-state index in [-0.39, 0.29) is 6.10 Å². The second kappa shape index (κ2) is 3.46. The number of nitrogens with two attached hydrogens (primary N) is 1. The van der Waals surface area contributed by atoms with Gasteiger partial charge in [-0.05, 0) is 75.5 Å². The van der Waals surface area contributed by atoms with Crippen molar-refractivity contribution >= 4 is 0 Å². The van der Waals surface area contributed by atoms with Gasteiger partial charge in [0.05, 0.1) is 6.10 Å². The fourth-order valence-corrected chi connectivity index (χ4v) is 4.98. The first-order chi connectivity index (χ1) is 7.45. The third-order valence-corrected chi connectivity index (χ3v) is 5.43. The lowest BCUT2D eigenvalue weighted by molar-refractivity contribution is -0.106. The van der Waals surface area contributed by atoms with Crippen molar-refractivity contribution in [3.05, 3.63) is 0 Å². The minimum Gasteiger partial charge on any atom is -0.391 e. The zero-order valence-corrected chi connectivity index (χ0v) is 10.5. The molecular weight excluding hydrogens is 198 g/mol. The topological polar surface area (TPSA) is 46.2 Å². The normalized spacial score (nSPS) is 48.4. The van der Waals surface area contributed by atoms with Crippen LogP contribution in [-0.4, -0.2) is 16.7 Å². The van der Waals surface area contributed by atoms with Crippen molar-refractivity contribution in [2.75, 3.05) is 0 Å². The molecule has 4 fully saturated rings. The lowest BCUT2D eigenvalue weighted by Gasteiger charge is -2.57. The third-order valence-electron chi connectivity index (χ3n) is 5.43. The molecule has 0 amide bonds. The summed E-state index contributed by atoms with van der Waals surface area (Å²) in [6.45, 7) is 3.95. The summed E-state index contributed by atoms with van der Waals surface area (Å²) in [4.78, 5) is 0. The Morgan fingerprint density at radius 1 is 1.00 bits per heavy atom. The largest absolute Gasteiger partial charge is 0.391 e. The molecule has 4 aliphatic rings. The second-order valence-electron chi connectivity index (χ2n) is 7.27. The van der Waals surface area contributed by atoms with Crippen LogP contribution < -0.4 is 5.73 Å². The molecule has 1 unspecified atom stereocenters. The molecule has 4 saturated carbocycles. The standard InChI is InChI=1S/C14H25NO/c1-14(2,15)13(16)12-10-4-8-3-9(6-10)7-11(12)5-8/h8-13,16H,3-7,15H2,1-2H3. The first kappa shape index (κ1) is 11.0. The van der Waals surface area contributed by atoms with Crippen LogP contribution in [0.4, 0.5) is 0 Å². The van der Waals surface area contributed by atoms with Gasteiger partial charge in [-0.1, -0.05) is 0 Å². The molecule has 16 heavy (non-hydrogen) atoms. The van der Waals surface area contributed by atoms with Crippen LogP contribution in [0, 0.1) is 29.6 Å². The maximum Gasteiger partial charge on any atom is 0.0747 e. The summed E-state index contributed by atoms with van der Waals surface area (Å²) in [5.41, 5.74) is 5.68. The van der Waals surface area contributed by atoms with Gasteiger partial charge >= 0.3 is 0 Å². The molecule has 4 bridgehead atoms. The van der Waals surface area contributed by atoms with E-state index in [2.05, 4.69) is 0 Å². The van der Waals surface area contributed by atoms with Gasteiger partial charge < -0.3 is 10.8 Å². The fourth-order valence-electron chi connectivity index (χ4n) is 4.98. The summed E-state index contributed by atoms with van der Waals surface area (Å²) in [6.07, 6.45) is 6.63. The van der Waals surface area contributed by atoms with Crippen molar-refractivity contribution in [2.24, 2.45) is 35.3 Å². The van der Waals surface area contributed by atoms with Gasteiger partial charge in [0, 0.05) is 5.54 Å². The monoisotopic (exact) mass is 223 g/mol. The van der Waals surface area contributed by atoms with E-state index >= 15 is 0 Å². The molecule has 4 aliphatic carbocycles.